The molecular weight excluding hydrogens is 287 g/mol. The molecule has 0 bridgehead atoms. The molecule has 0 radical (unpaired) electrons. The summed E-state index contributed by atoms with van der Waals surface area (Å²) in [5.74, 6) is -1.32. The van der Waals surface area contributed by atoms with Gasteiger partial charge < -0.3 is 0 Å². The summed E-state index contributed by atoms with van der Waals surface area (Å²) in [6.07, 6.45) is 1.10. The van der Waals surface area contributed by atoms with Gasteiger partial charge in [-0.1, -0.05) is 13.8 Å². The van der Waals surface area contributed by atoms with Gasteiger partial charge in [0.2, 0.25) is 5.03 Å². The summed E-state index contributed by atoms with van der Waals surface area (Å²) in [7, 11) is 0.874. The average molecular weight is 299 g/mol. The van der Waals surface area contributed by atoms with E-state index in [0.29, 0.717) is 0 Å². The normalized spacial score (nSPS) is 13.7. The smallest absolute Gasteiger partial charge is 0.267 e. The fraction of sp³-hybridized carbons (Fsp3) is 0.556. The molecule has 0 N–H and O–H groups in total. The third kappa shape index (κ3) is 2.99. The van der Waals surface area contributed by atoms with E-state index in [-0.39, 0.29) is 12.0 Å². The average Bonchev–Trinajstić information content (AvgIpc) is 2.71. The van der Waals surface area contributed by atoms with Crippen LogP contribution in [0, 0.1) is 5.92 Å². The fourth-order valence-corrected chi connectivity index (χ4v) is 2.18. The van der Waals surface area contributed by atoms with Gasteiger partial charge in [-0.05, 0) is 12.8 Å². The van der Waals surface area contributed by atoms with E-state index in [1.807, 2.05) is 13.8 Å². The molecule has 0 fully saturated rings. The maximum Gasteiger partial charge on any atom is 0.384 e. The second-order valence-electron chi connectivity index (χ2n) is 4.12. The van der Waals surface area contributed by atoms with Crippen LogP contribution in [-0.2, 0) is 14.0 Å². The molecule has 0 amide bonds. The number of carbonyl (C=O) groups is 1. The van der Waals surface area contributed by atoms with Crippen LogP contribution in [0.5, 0.6) is 0 Å². The third-order valence-corrected chi connectivity index (χ3v) is 3.80. The van der Waals surface area contributed by atoms with Crippen LogP contribution >= 0.6 is 10.7 Å². The van der Waals surface area contributed by atoms with Crippen molar-refractivity contribution < 1.29 is 22.7 Å². The van der Waals surface area contributed by atoms with Gasteiger partial charge in [-0.3, -0.25) is 4.68 Å². The molecule has 18 heavy (non-hydrogen) atoms. The summed E-state index contributed by atoms with van der Waals surface area (Å²) in [4.78, 5) is 14.1. The molecule has 1 rings (SSSR count). The monoisotopic (exact) mass is 298 g/mol. The molecule has 0 aliphatic heterocycles. The zero-order valence-corrected chi connectivity index (χ0v) is 11.5. The summed E-state index contributed by atoms with van der Waals surface area (Å²) in [6, 6.07) is -0.191. The molecule has 1 aromatic heterocycles. The van der Waals surface area contributed by atoms with Crippen LogP contribution in [-0.4, -0.2) is 24.2 Å². The molecule has 0 saturated heterocycles. The molecule has 9 heteroatoms. The minimum absolute atomic E-state index is 0.130. The summed E-state index contributed by atoms with van der Waals surface area (Å²) in [5.41, 5.74) is -0.528. The van der Waals surface area contributed by atoms with Crippen molar-refractivity contribution in [1.82, 2.24) is 9.78 Å². The molecular formula is C9H12ClFN2O4S. The standard InChI is InChI=1S/C9H12ClFN2O4S/c1-5(2)6(3)13-4-7(9(14)17-11)8(12-13)18(10,15)16/h4-6H,1-3H3. The molecule has 1 atom stereocenters. The number of hydrogen-bond donors (Lipinski definition) is 0. The van der Waals surface area contributed by atoms with Gasteiger partial charge in [0, 0.05) is 21.4 Å². The van der Waals surface area contributed by atoms with Gasteiger partial charge in [0.1, 0.15) is 5.56 Å². The van der Waals surface area contributed by atoms with E-state index >= 15 is 0 Å². The van der Waals surface area contributed by atoms with E-state index in [2.05, 4.69) is 10.0 Å². The molecule has 102 valence electrons. The first-order valence-corrected chi connectivity index (χ1v) is 7.36. The lowest BCUT2D eigenvalue weighted by Crippen LogP contribution is -2.12. The molecule has 6 nitrogen and oxygen atoms in total. The maximum atomic E-state index is 11.9. The Hall–Kier alpha value is -1.15. The predicted octanol–water partition coefficient (Wildman–Crippen LogP) is 2.07. The van der Waals surface area contributed by atoms with Crippen molar-refractivity contribution in [2.24, 2.45) is 5.92 Å². The highest BCUT2D eigenvalue weighted by Gasteiger charge is 2.28. The molecule has 0 saturated carbocycles. The Bertz CT molecular complexity index is 555. The van der Waals surface area contributed by atoms with Gasteiger partial charge >= 0.3 is 5.97 Å². The third-order valence-electron chi connectivity index (χ3n) is 2.60. The molecule has 1 heterocycles. The van der Waals surface area contributed by atoms with E-state index in [9.17, 15) is 17.7 Å². The van der Waals surface area contributed by atoms with Gasteiger partial charge in [-0.15, -0.1) is 0 Å². The van der Waals surface area contributed by atoms with Crippen molar-refractivity contribution in [1.29, 1.82) is 0 Å². The minimum atomic E-state index is -4.25. The van der Waals surface area contributed by atoms with E-state index in [1.54, 1.807) is 6.92 Å². The second-order valence-corrected chi connectivity index (χ2v) is 6.60. The van der Waals surface area contributed by atoms with Crippen molar-refractivity contribution >= 4 is 25.7 Å². The zero-order chi connectivity index (χ0) is 14.1. The Balaban J connectivity index is 3.38. The summed E-state index contributed by atoms with van der Waals surface area (Å²) in [6.45, 7) is 5.54. The molecule has 1 unspecified atom stereocenters. The van der Waals surface area contributed by atoms with Gasteiger partial charge in [-0.25, -0.2) is 18.2 Å². The van der Waals surface area contributed by atoms with Gasteiger partial charge in [0.05, 0.1) is 6.04 Å². The van der Waals surface area contributed by atoms with Crippen LogP contribution in [0.1, 0.15) is 37.2 Å². The lowest BCUT2D eigenvalue weighted by Gasteiger charge is -2.15. The van der Waals surface area contributed by atoms with Crippen LogP contribution in [0.15, 0.2) is 11.2 Å². The number of halogens is 2. The Kier molecular flexibility index (Phi) is 4.33. The SMILES string of the molecule is CC(C)C(C)n1cc(C(=O)OF)c(S(=O)(=O)Cl)n1. The number of carbonyl (C=O) groups excluding carboxylic acids is 1. The number of aromatic nitrogens is 2. The highest BCUT2D eigenvalue weighted by atomic mass is 35.7. The lowest BCUT2D eigenvalue weighted by atomic mass is 10.1. The maximum absolute atomic E-state index is 11.9. The van der Waals surface area contributed by atoms with E-state index < -0.39 is 25.6 Å². The quantitative estimate of drug-likeness (QED) is 0.795. The van der Waals surface area contributed by atoms with Crippen molar-refractivity contribution in [3.05, 3.63) is 11.8 Å². The number of hydrogen-bond acceptors (Lipinski definition) is 5. The number of nitrogens with zero attached hydrogens (tertiary/aromatic N) is 2. The second kappa shape index (κ2) is 5.23. The van der Waals surface area contributed by atoms with E-state index in [0.717, 1.165) is 6.20 Å². The largest absolute Gasteiger partial charge is 0.384 e. The Labute approximate surface area is 108 Å². The van der Waals surface area contributed by atoms with Crippen LogP contribution < -0.4 is 0 Å². The summed E-state index contributed by atoms with van der Waals surface area (Å²) >= 11 is 0. The Morgan fingerprint density at radius 2 is 2.06 bits per heavy atom. The van der Waals surface area contributed by atoms with Gasteiger partial charge in [0.25, 0.3) is 9.05 Å². The van der Waals surface area contributed by atoms with Gasteiger partial charge in [0.15, 0.2) is 0 Å². The van der Waals surface area contributed by atoms with Gasteiger partial charge in [-0.2, -0.15) is 5.10 Å². The molecule has 0 aromatic carbocycles. The molecule has 0 aliphatic rings. The van der Waals surface area contributed by atoms with Crippen molar-refractivity contribution in [3.8, 4) is 0 Å². The van der Waals surface area contributed by atoms with Crippen molar-refractivity contribution in [2.75, 3.05) is 0 Å². The summed E-state index contributed by atoms with van der Waals surface area (Å²) in [5, 5.41) is 2.99. The Morgan fingerprint density at radius 1 is 1.50 bits per heavy atom. The molecule has 1 aromatic rings. The van der Waals surface area contributed by atoms with Crippen molar-refractivity contribution in [3.63, 3.8) is 0 Å². The zero-order valence-electron chi connectivity index (χ0n) is 9.92. The topological polar surface area (TPSA) is 78.3 Å². The Morgan fingerprint density at radius 3 is 2.44 bits per heavy atom. The lowest BCUT2D eigenvalue weighted by molar-refractivity contribution is -0.0791. The van der Waals surface area contributed by atoms with E-state index in [4.69, 9.17) is 10.7 Å². The van der Waals surface area contributed by atoms with Crippen LogP contribution in [0.3, 0.4) is 0 Å². The summed E-state index contributed by atoms with van der Waals surface area (Å²) < 4.78 is 35.6. The first-order valence-electron chi connectivity index (χ1n) is 5.05. The van der Waals surface area contributed by atoms with Crippen LogP contribution in [0.25, 0.3) is 0 Å². The van der Waals surface area contributed by atoms with Crippen molar-refractivity contribution in [2.45, 2.75) is 31.8 Å². The minimum Gasteiger partial charge on any atom is -0.267 e. The van der Waals surface area contributed by atoms with E-state index in [1.165, 1.54) is 4.68 Å². The molecule has 0 spiro atoms. The highest BCUT2D eigenvalue weighted by molar-refractivity contribution is 8.13. The number of rotatable bonds is 4. The highest BCUT2D eigenvalue weighted by Crippen LogP contribution is 2.23. The molecule has 0 aliphatic carbocycles. The first kappa shape index (κ1) is 14.9. The van der Waals surface area contributed by atoms with Crippen LogP contribution in [0.2, 0.25) is 0 Å². The first-order chi connectivity index (χ1) is 8.18. The predicted molar refractivity (Wildman–Crippen MR) is 61.3 cm³/mol. The fourth-order valence-electron chi connectivity index (χ4n) is 1.25. The van der Waals surface area contributed by atoms with Crippen LogP contribution in [0.4, 0.5) is 4.53 Å².